The monoisotopic (exact) mass is 300 g/mol. The van der Waals surface area contributed by atoms with Gasteiger partial charge < -0.3 is 20.9 Å². The van der Waals surface area contributed by atoms with Gasteiger partial charge in [-0.15, -0.1) is 0 Å². The Balaban J connectivity index is 2.47. The Bertz CT molecular complexity index is 412. The third kappa shape index (κ3) is 7.08. The second-order valence-electron chi connectivity index (χ2n) is 6.45. The summed E-state index contributed by atoms with van der Waals surface area (Å²) in [7, 11) is 0. The van der Waals surface area contributed by atoms with Crippen molar-refractivity contribution in [2.75, 3.05) is 0 Å². The molecule has 21 heavy (non-hydrogen) atoms. The van der Waals surface area contributed by atoms with E-state index >= 15 is 0 Å². The number of esters is 1. The maximum Gasteiger partial charge on any atom is 0.326 e. The highest BCUT2D eigenvalue weighted by Gasteiger charge is 2.31. The lowest BCUT2D eigenvalue weighted by molar-refractivity contribution is -0.158. The fourth-order valence-electron chi connectivity index (χ4n) is 1.91. The van der Waals surface area contributed by atoms with E-state index in [9.17, 15) is 14.4 Å². The number of rotatable bonds is 7. The van der Waals surface area contributed by atoms with Crippen LogP contribution in [0.1, 0.15) is 46.5 Å². The molecule has 1 amide bonds. The van der Waals surface area contributed by atoms with Crippen molar-refractivity contribution in [1.82, 2.24) is 5.32 Å². The zero-order valence-electron chi connectivity index (χ0n) is 12.7. The summed E-state index contributed by atoms with van der Waals surface area (Å²) in [5, 5.41) is 11.4. The van der Waals surface area contributed by atoms with Crippen LogP contribution in [0.5, 0.6) is 0 Å². The predicted octanol–water partition coefficient (Wildman–Crippen LogP) is 0.415. The van der Waals surface area contributed by atoms with Gasteiger partial charge in [0.2, 0.25) is 5.91 Å². The lowest BCUT2D eigenvalue weighted by Crippen LogP contribution is -2.45. The topological polar surface area (TPSA) is 119 Å². The molecule has 1 unspecified atom stereocenters. The minimum atomic E-state index is -1.29. The Hall–Kier alpha value is -1.63. The summed E-state index contributed by atoms with van der Waals surface area (Å²) in [5.41, 5.74) is 5.12. The lowest BCUT2D eigenvalue weighted by atomic mass is 10.1. The molecular weight excluding hydrogens is 276 g/mol. The van der Waals surface area contributed by atoms with Gasteiger partial charge in [-0.25, -0.2) is 4.79 Å². The molecule has 0 saturated heterocycles. The van der Waals surface area contributed by atoms with Crippen molar-refractivity contribution in [3.05, 3.63) is 0 Å². The van der Waals surface area contributed by atoms with Crippen molar-refractivity contribution in [2.45, 2.75) is 64.1 Å². The molecule has 7 nitrogen and oxygen atoms in total. The minimum Gasteiger partial charge on any atom is -0.480 e. The van der Waals surface area contributed by atoms with E-state index in [4.69, 9.17) is 15.6 Å². The predicted molar refractivity (Wildman–Crippen MR) is 75.3 cm³/mol. The number of aliphatic carboxylic acids is 1. The Morgan fingerprint density at radius 2 is 1.86 bits per heavy atom. The summed E-state index contributed by atoms with van der Waals surface area (Å²) in [6, 6.07) is -1.54. The van der Waals surface area contributed by atoms with Crippen LogP contribution < -0.4 is 11.1 Å². The molecule has 0 spiro atoms. The Labute approximate surface area is 124 Å². The van der Waals surface area contributed by atoms with Crippen LogP contribution >= 0.6 is 0 Å². The minimum absolute atomic E-state index is 0.0722. The van der Waals surface area contributed by atoms with Crippen LogP contribution in [0.2, 0.25) is 0 Å². The van der Waals surface area contributed by atoms with Crippen molar-refractivity contribution in [3.8, 4) is 0 Å². The molecule has 1 saturated carbocycles. The molecule has 0 aromatic carbocycles. The van der Waals surface area contributed by atoms with Crippen LogP contribution in [0.15, 0.2) is 0 Å². The number of ether oxygens (including phenoxy) is 1. The molecule has 4 N–H and O–H groups in total. The molecule has 0 aliphatic heterocycles. The van der Waals surface area contributed by atoms with Crippen LogP contribution in [-0.2, 0) is 19.1 Å². The van der Waals surface area contributed by atoms with Gasteiger partial charge in [0.05, 0.1) is 6.42 Å². The average molecular weight is 300 g/mol. The van der Waals surface area contributed by atoms with Gasteiger partial charge in [0.25, 0.3) is 0 Å². The normalized spacial score (nSPS) is 17.7. The van der Waals surface area contributed by atoms with Crippen molar-refractivity contribution >= 4 is 17.8 Å². The van der Waals surface area contributed by atoms with E-state index in [1.54, 1.807) is 20.8 Å². The zero-order valence-corrected chi connectivity index (χ0v) is 12.7. The first-order chi connectivity index (χ1) is 9.58. The van der Waals surface area contributed by atoms with Crippen molar-refractivity contribution in [2.24, 2.45) is 11.7 Å². The summed E-state index contributed by atoms with van der Waals surface area (Å²) >= 11 is 0. The Kier molecular flexibility index (Phi) is 5.71. The van der Waals surface area contributed by atoms with E-state index in [1.807, 2.05) is 0 Å². The molecule has 0 heterocycles. The van der Waals surface area contributed by atoms with Gasteiger partial charge in [0, 0.05) is 12.5 Å². The first-order valence-electron chi connectivity index (χ1n) is 7.08. The molecular formula is C14H24N2O5. The standard InChI is InChI=1S/C14H24N2O5/c1-14(2,3)21-12(18)7-10(13(19)20)16-11(17)6-9(15)8-4-5-8/h8-10H,4-7,15H2,1-3H3,(H,16,17)(H,19,20)/t9?,10-/m0/s1. The highest BCUT2D eigenvalue weighted by Crippen LogP contribution is 2.32. The molecule has 1 fully saturated rings. The number of nitrogens with one attached hydrogen (secondary N) is 1. The van der Waals surface area contributed by atoms with E-state index in [0.717, 1.165) is 12.8 Å². The number of carbonyl (C=O) groups excluding carboxylic acids is 2. The molecule has 0 aromatic rings. The number of carboxylic acid groups (broad SMARTS) is 1. The summed E-state index contributed by atoms with van der Waals surface area (Å²) in [5.74, 6) is -2.04. The third-order valence-electron chi connectivity index (χ3n) is 3.07. The first-order valence-corrected chi connectivity index (χ1v) is 7.08. The second kappa shape index (κ2) is 6.89. The largest absolute Gasteiger partial charge is 0.480 e. The van der Waals surface area contributed by atoms with Crippen LogP contribution in [0.25, 0.3) is 0 Å². The van der Waals surface area contributed by atoms with E-state index in [1.165, 1.54) is 0 Å². The molecule has 7 heteroatoms. The maximum atomic E-state index is 11.8. The van der Waals surface area contributed by atoms with Gasteiger partial charge in [-0.3, -0.25) is 9.59 Å². The zero-order chi connectivity index (χ0) is 16.2. The fraction of sp³-hybridized carbons (Fsp3) is 0.786. The van der Waals surface area contributed by atoms with Crippen LogP contribution in [0.3, 0.4) is 0 Å². The SMILES string of the molecule is CC(C)(C)OC(=O)C[C@H](NC(=O)CC(N)C1CC1)C(=O)O. The second-order valence-corrected chi connectivity index (χ2v) is 6.45. The summed E-state index contributed by atoms with van der Waals surface area (Å²) < 4.78 is 5.05. The van der Waals surface area contributed by atoms with Gasteiger partial charge >= 0.3 is 11.9 Å². The van der Waals surface area contributed by atoms with Crippen LogP contribution in [-0.4, -0.2) is 40.6 Å². The quantitative estimate of drug-likeness (QED) is 0.586. The number of carbonyl (C=O) groups is 3. The van der Waals surface area contributed by atoms with E-state index in [2.05, 4.69) is 5.32 Å². The highest BCUT2D eigenvalue weighted by molar-refractivity contribution is 5.87. The number of hydrogen-bond acceptors (Lipinski definition) is 5. The van der Waals surface area contributed by atoms with Crippen molar-refractivity contribution in [1.29, 1.82) is 0 Å². The smallest absolute Gasteiger partial charge is 0.326 e. The van der Waals surface area contributed by atoms with Crippen molar-refractivity contribution < 1.29 is 24.2 Å². The van der Waals surface area contributed by atoms with Crippen LogP contribution in [0, 0.1) is 5.92 Å². The molecule has 1 aliphatic rings. The molecule has 1 rings (SSSR count). The maximum absolute atomic E-state index is 11.8. The summed E-state index contributed by atoms with van der Waals surface area (Å²) in [4.78, 5) is 34.5. The summed E-state index contributed by atoms with van der Waals surface area (Å²) in [6.07, 6.45) is 1.68. The summed E-state index contributed by atoms with van der Waals surface area (Å²) in [6.45, 7) is 5.07. The Morgan fingerprint density at radius 1 is 1.29 bits per heavy atom. The molecule has 0 bridgehead atoms. The highest BCUT2D eigenvalue weighted by atomic mass is 16.6. The van der Waals surface area contributed by atoms with Gasteiger partial charge in [0.1, 0.15) is 11.6 Å². The number of hydrogen-bond donors (Lipinski definition) is 3. The van der Waals surface area contributed by atoms with E-state index in [0.29, 0.717) is 5.92 Å². The van der Waals surface area contributed by atoms with E-state index < -0.39 is 35.9 Å². The molecule has 2 atom stereocenters. The molecule has 0 radical (unpaired) electrons. The average Bonchev–Trinajstić information content (AvgIpc) is 3.08. The fourth-order valence-corrected chi connectivity index (χ4v) is 1.91. The molecule has 0 aromatic heterocycles. The van der Waals surface area contributed by atoms with Gasteiger partial charge in [-0.2, -0.15) is 0 Å². The molecule has 1 aliphatic carbocycles. The number of amides is 1. The molecule has 120 valence electrons. The van der Waals surface area contributed by atoms with Crippen molar-refractivity contribution in [3.63, 3.8) is 0 Å². The van der Waals surface area contributed by atoms with Gasteiger partial charge in [-0.05, 0) is 39.5 Å². The lowest BCUT2D eigenvalue weighted by Gasteiger charge is -2.21. The van der Waals surface area contributed by atoms with Gasteiger partial charge in [0.15, 0.2) is 0 Å². The van der Waals surface area contributed by atoms with E-state index in [-0.39, 0.29) is 12.5 Å². The van der Waals surface area contributed by atoms with Crippen LogP contribution in [0.4, 0.5) is 0 Å². The number of nitrogens with two attached hydrogens (primary N) is 1. The first kappa shape index (κ1) is 17.4. The third-order valence-corrected chi connectivity index (χ3v) is 3.07. The van der Waals surface area contributed by atoms with Gasteiger partial charge in [-0.1, -0.05) is 0 Å². The number of carboxylic acids is 1. The Morgan fingerprint density at radius 3 is 2.29 bits per heavy atom.